The lowest BCUT2D eigenvalue weighted by Crippen LogP contribution is -2.26. The van der Waals surface area contributed by atoms with E-state index in [4.69, 9.17) is 5.11 Å². The minimum absolute atomic E-state index is 0.148. The highest BCUT2D eigenvalue weighted by molar-refractivity contribution is 5.66. The van der Waals surface area contributed by atoms with Crippen LogP contribution in [0.3, 0.4) is 0 Å². The number of carbonyl (C=O) groups is 1. The van der Waals surface area contributed by atoms with Gasteiger partial charge < -0.3 is 5.11 Å². The Hall–Kier alpha value is -2.91. The summed E-state index contributed by atoms with van der Waals surface area (Å²) in [5, 5.41) is 9.13. The van der Waals surface area contributed by atoms with Gasteiger partial charge in [0.1, 0.15) is 0 Å². The van der Waals surface area contributed by atoms with E-state index in [1.165, 1.54) is 27.8 Å². The minimum Gasteiger partial charge on any atom is -0.481 e. The van der Waals surface area contributed by atoms with E-state index < -0.39 is 5.97 Å². The number of nitrogens with zero attached hydrogens (tertiary/aromatic N) is 1. The molecule has 3 aromatic rings. The molecule has 28 heavy (non-hydrogen) atoms. The van der Waals surface area contributed by atoms with Gasteiger partial charge in [0.05, 0.1) is 6.42 Å². The predicted octanol–water partition coefficient (Wildman–Crippen LogP) is 5.06. The maximum Gasteiger partial charge on any atom is 0.304 e. The summed E-state index contributed by atoms with van der Waals surface area (Å²) in [5.74, 6) is -0.757. The zero-order valence-corrected chi connectivity index (χ0v) is 16.3. The van der Waals surface area contributed by atoms with E-state index in [-0.39, 0.29) is 6.42 Å². The van der Waals surface area contributed by atoms with Gasteiger partial charge in [0.15, 0.2) is 0 Å². The van der Waals surface area contributed by atoms with Crippen molar-refractivity contribution in [2.75, 3.05) is 6.54 Å². The SMILES string of the molecule is Cc1ccccc1CN(CCC(=O)O)Cc1cccc(Cc2ccccc2)c1. The number of carboxylic acids is 1. The highest BCUT2D eigenvalue weighted by Crippen LogP contribution is 2.16. The van der Waals surface area contributed by atoms with Crippen LogP contribution in [0, 0.1) is 6.92 Å². The second kappa shape index (κ2) is 9.86. The van der Waals surface area contributed by atoms with E-state index in [9.17, 15) is 4.79 Å². The smallest absolute Gasteiger partial charge is 0.304 e. The summed E-state index contributed by atoms with van der Waals surface area (Å²) in [7, 11) is 0. The molecule has 0 heterocycles. The summed E-state index contributed by atoms with van der Waals surface area (Å²) in [6, 6.07) is 27.4. The number of hydrogen-bond donors (Lipinski definition) is 1. The zero-order chi connectivity index (χ0) is 19.8. The summed E-state index contributed by atoms with van der Waals surface area (Å²) in [6.45, 7) is 4.13. The van der Waals surface area contributed by atoms with Gasteiger partial charge in [-0.1, -0.05) is 78.9 Å². The summed E-state index contributed by atoms with van der Waals surface area (Å²) in [6.07, 6.45) is 1.05. The molecule has 144 valence electrons. The molecular weight excluding hydrogens is 346 g/mol. The molecule has 1 N–H and O–H groups in total. The van der Waals surface area contributed by atoms with Crippen LogP contribution < -0.4 is 0 Å². The van der Waals surface area contributed by atoms with Crippen LogP contribution >= 0.6 is 0 Å². The first-order chi connectivity index (χ1) is 13.6. The maximum atomic E-state index is 11.1. The molecule has 3 nitrogen and oxygen atoms in total. The van der Waals surface area contributed by atoms with Crippen molar-refractivity contribution in [2.45, 2.75) is 32.9 Å². The van der Waals surface area contributed by atoms with E-state index in [1.54, 1.807) is 0 Å². The Morgan fingerprint density at radius 2 is 1.50 bits per heavy atom. The van der Waals surface area contributed by atoms with Gasteiger partial charge in [-0.15, -0.1) is 0 Å². The van der Waals surface area contributed by atoms with Crippen LogP contribution in [0.15, 0.2) is 78.9 Å². The third-order valence-electron chi connectivity index (χ3n) is 4.95. The lowest BCUT2D eigenvalue weighted by Gasteiger charge is -2.23. The molecule has 0 bridgehead atoms. The standard InChI is InChI=1S/C25H27NO2/c1-20-8-5-6-13-24(20)19-26(15-14-25(27)28)18-23-12-7-11-22(17-23)16-21-9-3-2-4-10-21/h2-13,17H,14-16,18-19H2,1H3,(H,27,28). The van der Waals surface area contributed by atoms with Gasteiger partial charge in [-0.3, -0.25) is 9.69 Å². The highest BCUT2D eigenvalue weighted by Gasteiger charge is 2.11. The molecule has 3 rings (SSSR count). The molecule has 0 saturated heterocycles. The molecule has 0 aliphatic heterocycles. The summed E-state index contributed by atoms with van der Waals surface area (Å²) >= 11 is 0. The molecule has 0 spiro atoms. The van der Waals surface area contributed by atoms with Gasteiger partial charge in [-0.2, -0.15) is 0 Å². The molecule has 3 heteroatoms. The maximum absolute atomic E-state index is 11.1. The second-order valence-corrected chi connectivity index (χ2v) is 7.26. The number of benzene rings is 3. The van der Waals surface area contributed by atoms with Crippen molar-refractivity contribution in [3.05, 3.63) is 107 Å². The summed E-state index contributed by atoms with van der Waals surface area (Å²) in [4.78, 5) is 13.3. The average molecular weight is 373 g/mol. The largest absolute Gasteiger partial charge is 0.481 e. The normalized spacial score (nSPS) is 10.9. The predicted molar refractivity (Wildman–Crippen MR) is 113 cm³/mol. The molecule has 0 unspecified atom stereocenters. The monoisotopic (exact) mass is 373 g/mol. The fourth-order valence-corrected chi connectivity index (χ4v) is 3.42. The van der Waals surface area contributed by atoms with E-state index in [0.717, 1.165) is 19.5 Å². The lowest BCUT2D eigenvalue weighted by atomic mass is 10.0. The van der Waals surface area contributed by atoms with Crippen molar-refractivity contribution < 1.29 is 9.90 Å². The van der Waals surface area contributed by atoms with Gasteiger partial charge in [-0.05, 0) is 41.2 Å². The summed E-state index contributed by atoms with van der Waals surface area (Å²) < 4.78 is 0. The quantitative estimate of drug-likeness (QED) is 0.570. The zero-order valence-electron chi connectivity index (χ0n) is 16.3. The molecule has 0 fully saturated rings. The van der Waals surface area contributed by atoms with Crippen LogP contribution in [0.1, 0.15) is 34.2 Å². The first kappa shape index (κ1) is 19.8. The van der Waals surface area contributed by atoms with Gasteiger partial charge in [0, 0.05) is 19.6 Å². The molecular formula is C25H27NO2. The van der Waals surface area contributed by atoms with Crippen molar-refractivity contribution in [3.8, 4) is 0 Å². The van der Waals surface area contributed by atoms with E-state index in [1.807, 2.05) is 18.2 Å². The average Bonchev–Trinajstić information content (AvgIpc) is 2.69. The van der Waals surface area contributed by atoms with Crippen LogP contribution in [0.2, 0.25) is 0 Å². The molecule has 0 aliphatic rings. The Labute approximate surface area is 167 Å². The minimum atomic E-state index is -0.757. The van der Waals surface area contributed by atoms with Crippen LogP contribution in [-0.4, -0.2) is 22.5 Å². The van der Waals surface area contributed by atoms with Crippen molar-refractivity contribution >= 4 is 5.97 Å². The molecule has 0 atom stereocenters. The van der Waals surface area contributed by atoms with Crippen molar-refractivity contribution in [1.82, 2.24) is 4.90 Å². The fraction of sp³-hybridized carbons (Fsp3) is 0.240. The fourth-order valence-electron chi connectivity index (χ4n) is 3.42. The molecule has 3 aromatic carbocycles. The first-order valence-corrected chi connectivity index (χ1v) is 9.70. The van der Waals surface area contributed by atoms with E-state index >= 15 is 0 Å². The molecule has 0 saturated carbocycles. The van der Waals surface area contributed by atoms with Gasteiger partial charge in [0.2, 0.25) is 0 Å². The van der Waals surface area contributed by atoms with Crippen LogP contribution in [0.25, 0.3) is 0 Å². The molecule has 0 aromatic heterocycles. The van der Waals surface area contributed by atoms with Crippen molar-refractivity contribution in [3.63, 3.8) is 0 Å². The number of carboxylic acid groups (broad SMARTS) is 1. The van der Waals surface area contributed by atoms with Gasteiger partial charge in [0.25, 0.3) is 0 Å². The first-order valence-electron chi connectivity index (χ1n) is 9.70. The third-order valence-corrected chi connectivity index (χ3v) is 4.95. The highest BCUT2D eigenvalue weighted by atomic mass is 16.4. The number of rotatable bonds is 9. The van der Waals surface area contributed by atoms with Crippen LogP contribution in [0.4, 0.5) is 0 Å². The Morgan fingerprint density at radius 1 is 0.821 bits per heavy atom. The van der Waals surface area contributed by atoms with Crippen molar-refractivity contribution in [2.24, 2.45) is 0 Å². The lowest BCUT2D eigenvalue weighted by molar-refractivity contribution is -0.137. The topological polar surface area (TPSA) is 40.5 Å². The van der Waals surface area contributed by atoms with E-state index in [0.29, 0.717) is 6.54 Å². The van der Waals surface area contributed by atoms with Crippen molar-refractivity contribution in [1.29, 1.82) is 0 Å². The Balaban J connectivity index is 1.73. The molecule has 0 radical (unpaired) electrons. The number of aliphatic carboxylic acids is 1. The van der Waals surface area contributed by atoms with Gasteiger partial charge >= 0.3 is 5.97 Å². The summed E-state index contributed by atoms with van der Waals surface area (Å²) in [5.41, 5.74) is 6.27. The Morgan fingerprint density at radius 3 is 2.25 bits per heavy atom. The van der Waals surface area contributed by atoms with E-state index in [2.05, 4.69) is 72.5 Å². The second-order valence-electron chi connectivity index (χ2n) is 7.26. The molecule has 0 amide bonds. The Kier molecular flexibility index (Phi) is 6.99. The number of hydrogen-bond acceptors (Lipinski definition) is 2. The van der Waals surface area contributed by atoms with Gasteiger partial charge in [-0.25, -0.2) is 0 Å². The Bertz CT molecular complexity index is 905. The third kappa shape index (κ3) is 6.07. The van der Waals surface area contributed by atoms with Crippen LogP contribution in [0.5, 0.6) is 0 Å². The number of aryl methyl sites for hydroxylation is 1. The molecule has 0 aliphatic carbocycles. The van der Waals surface area contributed by atoms with Crippen LogP contribution in [-0.2, 0) is 24.3 Å².